The summed E-state index contributed by atoms with van der Waals surface area (Å²) in [5.74, 6) is 6.35. The molecule has 1 fully saturated rings. The van der Waals surface area contributed by atoms with E-state index in [2.05, 4.69) is 31.2 Å². The van der Waals surface area contributed by atoms with E-state index in [-0.39, 0.29) is 5.54 Å². The van der Waals surface area contributed by atoms with E-state index in [1.54, 1.807) is 0 Å². The van der Waals surface area contributed by atoms with Crippen molar-refractivity contribution in [1.82, 2.24) is 5.43 Å². The lowest BCUT2D eigenvalue weighted by Crippen LogP contribution is -2.34. The van der Waals surface area contributed by atoms with Gasteiger partial charge in [0.05, 0.1) is 11.6 Å². The minimum Gasteiger partial charge on any atom is -0.378 e. The van der Waals surface area contributed by atoms with Crippen molar-refractivity contribution >= 4 is 5.84 Å². The van der Waals surface area contributed by atoms with E-state index in [9.17, 15) is 0 Å². The number of nitrogens with one attached hydrogen (secondary N) is 1. The second-order valence-electron chi connectivity index (χ2n) is 5.40. The summed E-state index contributed by atoms with van der Waals surface area (Å²) in [7, 11) is 0. The van der Waals surface area contributed by atoms with E-state index in [1.807, 2.05) is 0 Å². The Kier molecular flexibility index (Phi) is 5.22. The lowest BCUT2D eigenvalue weighted by molar-refractivity contribution is 0.0124. The zero-order valence-corrected chi connectivity index (χ0v) is 10.8. The minimum absolute atomic E-state index is 0.0743. The maximum Gasteiger partial charge on any atom is 0.111 e. The highest BCUT2D eigenvalue weighted by molar-refractivity contribution is 5.81. The van der Waals surface area contributed by atoms with Crippen LogP contribution in [0.5, 0.6) is 0 Å². The van der Waals surface area contributed by atoms with Gasteiger partial charge in [0.2, 0.25) is 0 Å². The summed E-state index contributed by atoms with van der Waals surface area (Å²) in [6.07, 6.45) is 5.94. The van der Waals surface area contributed by atoms with Crippen LogP contribution in [0.1, 0.15) is 52.9 Å². The van der Waals surface area contributed by atoms with Crippen LogP contribution in [0, 0.1) is 0 Å². The summed E-state index contributed by atoms with van der Waals surface area (Å²) in [5, 5.41) is 0. The molecule has 0 spiro atoms. The van der Waals surface area contributed by atoms with Gasteiger partial charge in [0.25, 0.3) is 0 Å². The maximum absolute atomic E-state index is 5.68. The van der Waals surface area contributed by atoms with Crippen LogP contribution in [0.25, 0.3) is 0 Å². The van der Waals surface area contributed by atoms with Gasteiger partial charge in [-0.05, 0) is 46.5 Å². The Labute approximate surface area is 98.6 Å². The van der Waals surface area contributed by atoms with Gasteiger partial charge in [-0.25, -0.2) is 5.84 Å². The standard InChI is InChI=1S/C12H25N3O/c1-12(2,3)14-11(15-13)8-7-10-6-4-5-9-16-10/h10H,4-9,13H2,1-3H3,(H,14,15). The molecule has 3 N–H and O–H groups in total. The predicted octanol–water partition coefficient (Wildman–Crippen LogP) is 2.00. The second-order valence-corrected chi connectivity index (χ2v) is 5.40. The maximum atomic E-state index is 5.68. The fourth-order valence-corrected chi connectivity index (χ4v) is 1.90. The van der Waals surface area contributed by atoms with Gasteiger partial charge in [0.15, 0.2) is 0 Å². The van der Waals surface area contributed by atoms with Crippen LogP contribution < -0.4 is 11.3 Å². The van der Waals surface area contributed by atoms with Crippen molar-refractivity contribution in [2.75, 3.05) is 6.61 Å². The molecule has 0 amide bonds. The van der Waals surface area contributed by atoms with Crippen molar-refractivity contribution in [3.05, 3.63) is 0 Å². The van der Waals surface area contributed by atoms with Gasteiger partial charge in [0.1, 0.15) is 5.84 Å². The SMILES string of the molecule is CC(C)(C)N=C(CCC1CCCCO1)NN. The van der Waals surface area contributed by atoms with Crippen LogP contribution >= 0.6 is 0 Å². The Balaban J connectivity index is 2.36. The summed E-state index contributed by atoms with van der Waals surface area (Å²) in [4.78, 5) is 4.54. The number of amidine groups is 1. The monoisotopic (exact) mass is 227 g/mol. The normalized spacial score (nSPS) is 23.2. The molecule has 16 heavy (non-hydrogen) atoms. The van der Waals surface area contributed by atoms with Gasteiger partial charge in [-0.1, -0.05) is 0 Å². The minimum atomic E-state index is -0.0743. The smallest absolute Gasteiger partial charge is 0.111 e. The molecular formula is C12H25N3O. The van der Waals surface area contributed by atoms with Gasteiger partial charge in [0, 0.05) is 13.0 Å². The van der Waals surface area contributed by atoms with E-state index in [4.69, 9.17) is 10.6 Å². The number of nitrogens with two attached hydrogens (primary N) is 1. The zero-order chi connectivity index (χ0) is 12.0. The topological polar surface area (TPSA) is 59.6 Å². The number of hydrogen-bond donors (Lipinski definition) is 2. The molecule has 4 heteroatoms. The zero-order valence-electron chi connectivity index (χ0n) is 10.8. The molecule has 1 heterocycles. The van der Waals surface area contributed by atoms with E-state index < -0.39 is 0 Å². The fourth-order valence-electron chi connectivity index (χ4n) is 1.90. The van der Waals surface area contributed by atoms with Crippen LogP contribution in [-0.4, -0.2) is 24.1 Å². The first-order chi connectivity index (χ1) is 7.51. The molecule has 1 aliphatic heterocycles. The first-order valence-electron chi connectivity index (χ1n) is 6.18. The Hall–Kier alpha value is -0.610. The molecule has 0 radical (unpaired) electrons. The molecule has 1 saturated heterocycles. The lowest BCUT2D eigenvalue weighted by Gasteiger charge is -2.23. The lowest BCUT2D eigenvalue weighted by atomic mass is 10.0. The highest BCUT2D eigenvalue weighted by atomic mass is 16.5. The molecule has 1 rings (SSSR count). The van der Waals surface area contributed by atoms with Gasteiger partial charge in [-0.2, -0.15) is 0 Å². The number of nitrogens with zero attached hydrogens (tertiary/aromatic N) is 1. The molecule has 1 aliphatic rings. The first-order valence-corrected chi connectivity index (χ1v) is 6.18. The summed E-state index contributed by atoms with van der Waals surface area (Å²) in [6.45, 7) is 7.12. The van der Waals surface area contributed by atoms with E-state index in [1.165, 1.54) is 19.3 Å². The first kappa shape index (κ1) is 13.5. The largest absolute Gasteiger partial charge is 0.378 e. The van der Waals surface area contributed by atoms with E-state index in [0.717, 1.165) is 25.3 Å². The van der Waals surface area contributed by atoms with E-state index in [0.29, 0.717) is 6.10 Å². The Morgan fingerprint density at radius 3 is 2.69 bits per heavy atom. The fraction of sp³-hybridized carbons (Fsp3) is 0.917. The third-order valence-electron chi connectivity index (χ3n) is 2.61. The van der Waals surface area contributed by atoms with Crippen LogP contribution in [0.15, 0.2) is 4.99 Å². The number of hydrazine groups is 1. The van der Waals surface area contributed by atoms with Crippen molar-refractivity contribution in [1.29, 1.82) is 0 Å². The van der Waals surface area contributed by atoms with Crippen molar-refractivity contribution in [2.24, 2.45) is 10.8 Å². The molecule has 1 atom stereocenters. The summed E-state index contributed by atoms with van der Waals surface area (Å²) < 4.78 is 5.68. The quantitative estimate of drug-likeness (QED) is 0.335. The molecule has 4 nitrogen and oxygen atoms in total. The van der Waals surface area contributed by atoms with Crippen molar-refractivity contribution < 1.29 is 4.74 Å². The van der Waals surface area contributed by atoms with E-state index >= 15 is 0 Å². The van der Waals surface area contributed by atoms with Crippen LogP contribution in [-0.2, 0) is 4.74 Å². The number of rotatable bonds is 3. The Bertz CT molecular complexity index is 227. The second kappa shape index (κ2) is 6.21. The molecule has 94 valence electrons. The van der Waals surface area contributed by atoms with Gasteiger partial charge in [-0.3, -0.25) is 4.99 Å². The van der Waals surface area contributed by atoms with Crippen molar-refractivity contribution in [3.8, 4) is 0 Å². The number of hydrogen-bond acceptors (Lipinski definition) is 3. The number of ether oxygens (including phenoxy) is 1. The number of aliphatic imine (C=N–C) groups is 1. The highest BCUT2D eigenvalue weighted by Gasteiger charge is 2.15. The van der Waals surface area contributed by atoms with Gasteiger partial charge in [-0.15, -0.1) is 0 Å². The average molecular weight is 227 g/mol. The van der Waals surface area contributed by atoms with Crippen LogP contribution in [0.4, 0.5) is 0 Å². The average Bonchev–Trinajstić information content (AvgIpc) is 2.24. The molecule has 0 bridgehead atoms. The Morgan fingerprint density at radius 2 is 2.19 bits per heavy atom. The molecular weight excluding hydrogens is 202 g/mol. The molecule has 0 aromatic heterocycles. The Morgan fingerprint density at radius 1 is 1.44 bits per heavy atom. The van der Waals surface area contributed by atoms with Crippen molar-refractivity contribution in [3.63, 3.8) is 0 Å². The third-order valence-corrected chi connectivity index (χ3v) is 2.61. The van der Waals surface area contributed by atoms with Gasteiger partial charge >= 0.3 is 0 Å². The summed E-state index contributed by atoms with van der Waals surface area (Å²) in [5.41, 5.74) is 2.62. The molecule has 0 aliphatic carbocycles. The van der Waals surface area contributed by atoms with Crippen LogP contribution in [0.3, 0.4) is 0 Å². The third kappa shape index (κ3) is 5.47. The summed E-state index contributed by atoms with van der Waals surface area (Å²) >= 11 is 0. The highest BCUT2D eigenvalue weighted by Crippen LogP contribution is 2.17. The van der Waals surface area contributed by atoms with Crippen molar-refractivity contribution in [2.45, 2.75) is 64.5 Å². The van der Waals surface area contributed by atoms with Gasteiger partial charge < -0.3 is 10.2 Å². The predicted molar refractivity (Wildman–Crippen MR) is 67.3 cm³/mol. The molecule has 0 aromatic carbocycles. The molecule has 1 unspecified atom stereocenters. The summed E-state index contributed by atoms with van der Waals surface area (Å²) in [6, 6.07) is 0. The molecule has 0 aromatic rings. The molecule has 0 saturated carbocycles. The van der Waals surface area contributed by atoms with Crippen LogP contribution in [0.2, 0.25) is 0 Å².